The first-order chi connectivity index (χ1) is 15.0. The van der Waals surface area contributed by atoms with E-state index in [-0.39, 0.29) is 5.91 Å². The van der Waals surface area contributed by atoms with Gasteiger partial charge in [-0.25, -0.2) is 9.97 Å². The number of likely N-dealkylation sites (tertiary alicyclic amines) is 1. The molecule has 0 spiro atoms. The van der Waals surface area contributed by atoms with Crippen molar-refractivity contribution in [3.05, 3.63) is 58.2 Å². The summed E-state index contributed by atoms with van der Waals surface area (Å²) in [6, 6.07) is 8.97. The normalized spacial score (nSPS) is 20.2. The average molecular weight is 421 g/mol. The monoisotopic (exact) mass is 420 g/mol. The second-order valence-electron chi connectivity index (χ2n) is 9.46. The van der Waals surface area contributed by atoms with E-state index in [1.807, 2.05) is 13.8 Å². The van der Waals surface area contributed by atoms with Crippen LogP contribution in [0.1, 0.15) is 78.3 Å². The van der Waals surface area contributed by atoms with Gasteiger partial charge in [-0.05, 0) is 57.7 Å². The fraction of sp³-hybridized carbons (Fsp3) is 0.577. The number of hydrogen-bond donors (Lipinski definition) is 1. The van der Waals surface area contributed by atoms with Crippen molar-refractivity contribution >= 4 is 5.91 Å². The molecule has 1 atom stereocenters. The van der Waals surface area contributed by atoms with E-state index in [9.17, 15) is 4.79 Å². The number of rotatable bonds is 6. The third kappa shape index (κ3) is 5.51. The number of aromatic nitrogens is 2. The lowest BCUT2D eigenvalue weighted by Gasteiger charge is -2.23. The molecule has 4 rings (SSSR count). The smallest absolute Gasteiger partial charge is 0.224 e. The Labute approximate surface area is 186 Å². The van der Waals surface area contributed by atoms with Gasteiger partial charge in [0.1, 0.15) is 5.82 Å². The summed E-state index contributed by atoms with van der Waals surface area (Å²) < 4.78 is 0. The van der Waals surface area contributed by atoms with Gasteiger partial charge in [0.15, 0.2) is 0 Å². The van der Waals surface area contributed by atoms with Crippen molar-refractivity contribution in [2.45, 2.75) is 84.2 Å². The number of nitrogens with one attached hydrogen (secondary N) is 1. The molecule has 1 amide bonds. The fourth-order valence-electron chi connectivity index (χ4n) is 5.11. The van der Waals surface area contributed by atoms with Gasteiger partial charge in [-0.3, -0.25) is 9.69 Å². The van der Waals surface area contributed by atoms with E-state index in [1.165, 1.54) is 30.4 Å². The van der Waals surface area contributed by atoms with Gasteiger partial charge in [0.2, 0.25) is 5.91 Å². The van der Waals surface area contributed by atoms with Crippen LogP contribution in [-0.2, 0) is 17.8 Å². The first-order valence-electron chi connectivity index (χ1n) is 11.9. The number of carbonyl (C=O) groups is 1. The van der Waals surface area contributed by atoms with Gasteiger partial charge in [0.05, 0.1) is 6.42 Å². The summed E-state index contributed by atoms with van der Waals surface area (Å²) in [7, 11) is 0. The lowest BCUT2D eigenvalue weighted by atomic mass is 9.95. The van der Waals surface area contributed by atoms with Crippen LogP contribution in [0.25, 0.3) is 0 Å². The lowest BCUT2D eigenvalue weighted by Crippen LogP contribution is -2.37. The highest BCUT2D eigenvalue weighted by molar-refractivity contribution is 5.79. The van der Waals surface area contributed by atoms with E-state index in [0.717, 1.165) is 61.7 Å². The second-order valence-corrected chi connectivity index (χ2v) is 9.46. The Morgan fingerprint density at radius 3 is 2.45 bits per heavy atom. The number of carbonyl (C=O) groups excluding carboxylic acids is 1. The standard InChI is InChI=1S/C26H36N4O/c1-18-9-7-8-10-21(18)16-30-14-13-22(17-30)26-27-19(2)24(20(3)28-26)15-25(31)29-23-11-5-4-6-12-23/h7-10,22-23H,4-6,11-17H2,1-3H3,(H,29,31). The molecular weight excluding hydrogens is 384 g/mol. The van der Waals surface area contributed by atoms with Crippen LogP contribution in [0, 0.1) is 20.8 Å². The molecule has 1 saturated carbocycles. The summed E-state index contributed by atoms with van der Waals surface area (Å²) in [4.78, 5) is 24.8. The number of aryl methyl sites for hydroxylation is 3. The number of amides is 1. The summed E-state index contributed by atoms with van der Waals surface area (Å²) >= 11 is 0. The first kappa shape index (κ1) is 21.9. The minimum Gasteiger partial charge on any atom is -0.353 e. The van der Waals surface area contributed by atoms with Crippen LogP contribution in [-0.4, -0.2) is 39.9 Å². The molecule has 2 fully saturated rings. The second kappa shape index (κ2) is 9.90. The van der Waals surface area contributed by atoms with Gasteiger partial charge in [-0.2, -0.15) is 0 Å². The van der Waals surface area contributed by atoms with Gasteiger partial charge in [0, 0.05) is 42.0 Å². The number of hydrogen-bond acceptors (Lipinski definition) is 4. The van der Waals surface area contributed by atoms with E-state index in [4.69, 9.17) is 9.97 Å². The molecule has 0 bridgehead atoms. The summed E-state index contributed by atoms with van der Waals surface area (Å²) in [5.41, 5.74) is 5.66. The molecule has 31 heavy (non-hydrogen) atoms. The molecule has 2 aliphatic rings. The third-order valence-corrected chi connectivity index (χ3v) is 7.04. The molecule has 2 heterocycles. The summed E-state index contributed by atoms with van der Waals surface area (Å²) in [5.74, 6) is 1.42. The molecule has 1 N–H and O–H groups in total. The molecule has 1 aromatic heterocycles. The molecule has 5 nitrogen and oxygen atoms in total. The minimum atomic E-state index is 0.111. The van der Waals surface area contributed by atoms with Crippen LogP contribution in [0.4, 0.5) is 0 Å². The Kier molecular flexibility index (Phi) is 7.01. The topological polar surface area (TPSA) is 58.1 Å². The Balaban J connectivity index is 1.38. The average Bonchev–Trinajstić information content (AvgIpc) is 3.22. The Bertz CT molecular complexity index is 896. The van der Waals surface area contributed by atoms with Gasteiger partial charge in [-0.1, -0.05) is 43.5 Å². The van der Waals surface area contributed by atoms with E-state index in [1.54, 1.807) is 0 Å². The number of benzene rings is 1. The van der Waals surface area contributed by atoms with Gasteiger partial charge in [-0.15, -0.1) is 0 Å². The zero-order chi connectivity index (χ0) is 21.8. The summed E-state index contributed by atoms with van der Waals surface area (Å²) in [6.07, 6.45) is 7.44. The van der Waals surface area contributed by atoms with Crippen molar-refractivity contribution in [1.82, 2.24) is 20.2 Å². The highest BCUT2D eigenvalue weighted by Gasteiger charge is 2.27. The maximum Gasteiger partial charge on any atom is 0.224 e. The van der Waals surface area contributed by atoms with E-state index >= 15 is 0 Å². The zero-order valence-corrected chi connectivity index (χ0v) is 19.3. The molecule has 1 unspecified atom stereocenters. The van der Waals surface area contributed by atoms with Crippen LogP contribution in [0.5, 0.6) is 0 Å². The van der Waals surface area contributed by atoms with Crippen LogP contribution in [0.2, 0.25) is 0 Å². The molecule has 166 valence electrons. The summed E-state index contributed by atoms with van der Waals surface area (Å²) in [6.45, 7) is 9.30. The minimum absolute atomic E-state index is 0.111. The van der Waals surface area contributed by atoms with E-state index in [2.05, 4.69) is 41.4 Å². The molecule has 5 heteroatoms. The van der Waals surface area contributed by atoms with Crippen LogP contribution >= 0.6 is 0 Å². The van der Waals surface area contributed by atoms with Crippen molar-refractivity contribution in [2.24, 2.45) is 0 Å². The zero-order valence-electron chi connectivity index (χ0n) is 19.3. The quantitative estimate of drug-likeness (QED) is 0.753. The van der Waals surface area contributed by atoms with Gasteiger partial charge >= 0.3 is 0 Å². The Morgan fingerprint density at radius 2 is 1.74 bits per heavy atom. The first-order valence-corrected chi connectivity index (χ1v) is 11.9. The molecule has 2 aromatic rings. The SMILES string of the molecule is Cc1ccccc1CN1CCC(c2nc(C)c(CC(=O)NC3CCCCC3)c(C)n2)C1. The maximum atomic E-state index is 12.6. The Hall–Kier alpha value is -2.27. The molecule has 1 aliphatic heterocycles. The van der Waals surface area contributed by atoms with Crippen LogP contribution < -0.4 is 5.32 Å². The van der Waals surface area contributed by atoms with Crippen LogP contribution in [0.15, 0.2) is 24.3 Å². The van der Waals surface area contributed by atoms with Crippen molar-refractivity contribution in [3.8, 4) is 0 Å². The fourth-order valence-corrected chi connectivity index (χ4v) is 5.11. The van der Waals surface area contributed by atoms with Crippen LogP contribution in [0.3, 0.4) is 0 Å². The molecular formula is C26H36N4O. The molecule has 1 aliphatic carbocycles. The van der Waals surface area contributed by atoms with E-state index < -0.39 is 0 Å². The molecule has 1 aromatic carbocycles. The van der Waals surface area contributed by atoms with Gasteiger partial charge < -0.3 is 5.32 Å². The predicted molar refractivity (Wildman–Crippen MR) is 124 cm³/mol. The van der Waals surface area contributed by atoms with Crippen molar-refractivity contribution in [3.63, 3.8) is 0 Å². The predicted octanol–water partition coefficient (Wildman–Crippen LogP) is 4.38. The molecule has 1 saturated heterocycles. The molecule has 0 radical (unpaired) electrons. The van der Waals surface area contributed by atoms with Crippen molar-refractivity contribution in [1.29, 1.82) is 0 Å². The highest BCUT2D eigenvalue weighted by Crippen LogP contribution is 2.28. The van der Waals surface area contributed by atoms with Crippen molar-refractivity contribution < 1.29 is 4.79 Å². The Morgan fingerprint density at radius 1 is 1.03 bits per heavy atom. The third-order valence-electron chi connectivity index (χ3n) is 7.04. The number of nitrogens with zero attached hydrogens (tertiary/aromatic N) is 3. The van der Waals surface area contributed by atoms with Crippen molar-refractivity contribution in [2.75, 3.05) is 13.1 Å². The summed E-state index contributed by atoms with van der Waals surface area (Å²) in [5, 5.41) is 3.22. The highest BCUT2D eigenvalue weighted by atomic mass is 16.1. The largest absolute Gasteiger partial charge is 0.353 e. The van der Waals surface area contributed by atoms with Gasteiger partial charge in [0.25, 0.3) is 0 Å². The lowest BCUT2D eigenvalue weighted by molar-refractivity contribution is -0.121. The van der Waals surface area contributed by atoms with E-state index in [0.29, 0.717) is 18.4 Å². The maximum absolute atomic E-state index is 12.6.